The molecule has 0 saturated carbocycles. The van der Waals surface area contributed by atoms with Crippen LogP contribution < -0.4 is 14.8 Å². The third-order valence-corrected chi connectivity index (χ3v) is 4.23. The number of nitrogens with one attached hydrogen (secondary N) is 1. The van der Waals surface area contributed by atoms with E-state index in [0.717, 1.165) is 10.4 Å². The van der Waals surface area contributed by atoms with Gasteiger partial charge in [0.2, 0.25) is 5.91 Å². The summed E-state index contributed by atoms with van der Waals surface area (Å²) >= 11 is 1.62. The van der Waals surface area contributed by atoms with Gasteiger partial charge in [0.05, 0.1) is 20.3 Å². The van der Waals surface area contributed by atoms with E-state index in [-0.39, 0.29) is 11.9 Å². The first kappa shape index (κ1) is 16.1. The van der Waals surface area contributed by atoms with E-state index in [9.17, 15) is 4.79 Å². The van der Waals surface area contributed by atoms with Crippen LogP contribution in [0.3, 0.4) is 0 Å². The molecule has 1 atom stereocenters. The molecule has 22 heavy (non-hydrogen) atoms. The van der Waals surface area contributed by atoms with E-state index in [1.807, 2.05) is 42.6 Å². The normalized spacial score (nSPS) is 12.1. The number of amides is 1. The van der Waals surface area contributed by atoms with Crippen LogP contribution in [0.25, 0.3) is 6.08 Å². The highest BCUT2D eigenvalue weighted by Crippen LogP contribution is 2.25. The standard InChI is InChI=1S/C17H19NO3S/c1-12(16-5-4-10-22-16)18-17(19)9-6-13-11-14(20-2)7-8-15(13)21-3/h4-12H,1-3H3,(H,18,19)/b9-6+/t12-/m0/s1. The van der Waals surface area contributed by atoms with Crippen LogP contribution >= 0.6 is 11.3 Å². The molecule has 0 aliphatic rings. The van der Waals surface area contributed by atoms with Gasteiger partial charge in [0.1, 0.15) is 11.5 Å². The predicted octanol–water partition coefficient (Wildman–Crippen LogP) is 3.66. The molecule has 0 radical (unpaired) electrons. The second kappa shape index (κ2) is 7.66. The summed E-state index contributed by atoms with van der Waals surface area (Å²) in [5.41, 5.74) is 0.792. The molecule has 0 aliphatic heterocycles. The molecule has 4 nitrogen and oxygen atoms in total. The third kappa shape index (κ3) is 4.11. The Kier molecular flexibility index (Phi) is 5.61. The van der Waals surface area contributed by atoms with Gasteiger partial charge in [0, 0.05) is 16.5 Å². The number of ether oxygens (including phenoxy) is 2. The van der Waals surface area contributed by atoms with Gasteiger partial charge in [-0.15, -0.1) is 11.3 Å². The Morgan fingerprint density at radius 1 is 1.27 bits per heavy atom. The Bertz CT molecular complexity index is 650. The third-order valence-electron chi connectivity index (χ3n) is 3.18. The molecule has 5 heteroatoms. The number of rotatable bonds is 6. The minimum atomic E-state index is -0.147. The van der Waals surface area contributed by atoms with Gasteiger partial charge in [0.25, 0.3) is 0 Å². The summed E-state index contributed by atoms with van der Waals surface area (Å²) in [4.78, 5) is 13.1. The van der Waals surface area contributed by atoms with E-state index in [1.54, 1.807) is 31.6 Å². The summed E-state index contributed by atoms with van der Waals surface area (Å²) in [6, 6.07) is 9.42. The highest BCUT2D eigenvalue weighted by Gasteiger charge is 2.08. The zero-order valence-electron chi connectivity index (χ0n) is 12.8. The first-order valence-corrected chi connectivity index (χ1v) is 7.76. The van der Waals surface area contributed by atoms with Gasteiger partial charge in [-0.2, -0.15) is 0 Å². The van der Waals surface area contributed by atoms with Crippen LogP contribution in [0.4, 0.5) is 0 Å². The number of thiophene rings is 1. The van der Waals surface area contributed by atoms with E-state index < -0.39 is 0 Å². The molecule has 1 amide bonds. The number of hydrogen-bond donors (Lipinski definition) is 1. The van der Waals surface area contributed by atoms with Crippen LogP contribution in [-0.2, 0) is 4.79 Å². The van der Waals surface area contributed by atoms with Crippen molar-refractivity contribution in [3.63, 3.8) is 0 Å². The number of hydrogen-bond acceptors (Lipinski definition) is 4. The lowest BCUT2D eigenvalue weighted by Crippen LogP contribution is -2.23. The van der Waals surface area contributed by atoms with Gasteiger partial charge >= 0.3 is 0 Å². The Morgan fingerprint density at radius 2 is 2.09 bits per heavy atom. The van der Waals surface area contributed by atoms with E-state index in [2.05, 4.69) is 5.32 Å². The molecule has 0 bridgehead atoms. The van der Waals surface area contributed by atoms with E-state index in [0.29, 0.717) is 11.5 Å². The van der Waals surface area contributed by atoms with Crippen molar-refractivity contribution in [1.82, 2.24) is 5.32 Å². The van der Waals surface area contributed by atoms with Gasteiger partial charge in [0.15, 0.2) is 0 Å². The summed E-state index contributed by atoms with van der Waals surface area (Å²) in [6.45, 7) is 1.96. The van der Waals surface area contributed by atoms with Crippen LogP contribution in [0, 0.1) is 0 Å². The maximum absolute atomic E-state index is 12.0. The number of carbonyl (C=O) groups excluding carboxylic acids is 1. The molecular formula is C17H19NO3S. The topological polar surface area (TPSA) is 47.6 Å². The molecule has 0 unspecified atom stereocenters. The molecule has 1 aromatic heterocycles. The van der Waals surface area contributed by atoms with Gasteiger partial charge in [-0.3, -0.25) is 4.79 Å². The number of benzene rings is 1. The maximum atomic E-state index is 12.0. The number of methoxy groups -OCH3 is 2. The fourth-order valence-corrected chi connectivity index (χ4v) is 2.74. The van der Waals surface area contributed by atoms with Crippen molar-refractivity contribution in [2.75, 3.05) is 14.2 Å². The zero-order chi connectivity index (χ0) is 15.9. The Hall–Kier alpha value is -2.27. The fraction of sp³-hybridized carbons (Fsp3) is 0.235. The second-order valence-electron chi connectivity index (χ2n) is 4.69. The fourth-order valence-electron chi connectivity index (χ4n) is 2.01. The Balaban J connectivity index is 2.06. The van der Waals surface area contributed by atoms with Crippen LogP contribution in [0.1, 0.15) is 23.4 Å². The van der Waals surface area contributed by atoms with Crippen molar-refractivity contribution in [2.45, 2.75) is 13.0 Å². The van der Waals surface area contributed by atoms with Gasteiger partial charge in [-0.05, 0) is 42.6 Å². The molecule has 0 fully saturated rings. The molecule has 116 valence electrons. The lowest BCUT2D eigenvalue weighted by atomic mass is 10.1. The largest absolute Gasteiger partial charge is 0.497 e. The Labute approximate surface area is 134 Å². The van der Waals surface area contributed by atoms with Crippen molar-refractivity contribution in [3.05, 3.63) is 52.2 Å². The lowest BCUT2D eigenvalue weighted by Gasteiger charge is -2.10. The van der Waals surface area contributed by atoms with Crippen molar-refractivity contribution in [1.29, 1.82) is 0 Å². The van der Waals surface area contributed by atoms with Gasteiger partial charge in [-0.25, -0.2) is 0 Å². The monoisotopic (exact) mass is 317 g/mol. The zero-order valence-corrected chi connectivity index (χ0v) is 13.6. The smallest absolute Gasteiger partial charge is 0.244 e. The van der Waals surface area contributed by atoms with E-state index in [4.69, 9.17) is 9.47 Å². The van der Waals surface area contributed by atoms with Gasteiger partial charge < -0.3 is 14.8 Å². The molecule has 0 spiro atoms. The summed E-state index contributed by atoms with van der Waals surface area (Å²) in [6.07, 6.45) is 3.22. The SMILES string of the molecule is COc1ccc(OC)c(/C=C/C(=O)N[C@@H](C)c2cccs2)c1. The van der Waals surface area contributed by atoms with E-state index in [1.165, 1.54) is 6.08 Å². The lowest BCUT2D eigenvalue weighted by molar-refractivity contribution is -0.117. The predicted molar refractivity (Wildman–Crippen MR) is 89.5 cm³/mol. The second-order valence-corrected chi connectivity index (χ2v) is 5.67. The van der Waals surface area contributed by atoms with Crippen molar-refractivity contribution in [2.24, 2.45) is 0 Å². The highest BCUT2D eigenvalue weighted by molar-refractivity contribution is 7.10. The molecule has 2 aromatic rings. The summed E-state index contributed by atoms with van der Waals surface area (Å²) in [5, 5.41) is 4.93. The minimum absolute atomic E-state index is 0.00986. The summed E-state index contributed by atoms with van der Waals surface area (Å²) in [7, 11) is 3.20. The average Bonchev–Trinajstić information content (AvgIpc) is 3.07. The van der Waals surface area contributed by atoms with Gasteiger partial charge in [-0.1, -0.05) is 6.07 Å². The molecule has 0 aliphatic carbocycles. The molecule has 1 heterocycles. The first-order chi connectivity index (χ1) is 10.6. The molecule has 1 N–H and O–H groups in total. The van der Waals surface area contributed by atoms with Crippen LogP contribution in [-0.4, -0.2) is 20.1 Å². The first-order valence-electron chi connectivity index (χ1n) is 6.88. The average molecular weight is 317 g/mol. The van der Waals surface area contributed by atoms with Crippen molar-refractivity contribution >= 4 is 23.3 Å². The van der Waals surface area contributed by atoms with Crippen molar-refractivity contribution in [3.8, 4) is 11.5 Å². The van der Waals surface area contributed by atoms with Crippen molar-refractivity contribution < 1.29 is 14.3 Å². The van der Waals surface area contributed by atoms with Crippen LogP contribution in [0.2, 0.25) is 0 Å². The molecule has 2 rings (SSSR count). The number of carbonyl (C=O) groups is 1. The van der Waals surface area contributed by atoms with Crippen LogP contribution in [0.5, 0.6) is 11.5 Å². The summed E-state index contributed by atoms with van der Waals surface area (Å²) in [5.74, 6) is 1.26. The van der Waals surface area contributed by atoms with E-state index >= 15 is 0 Å². The quantitative estimate of drug-likeness (QED) is 0.827. The highest BCUT2D eigenvalue weighted by atomic mass is 32.1. The molecule has 0 saturated heterocycles. The maximum Gasteiger partial charge on any atom is 0.244 e. The minimum Gasteiger partial charge on any atom is -0.497 e. The Morgan fingerprint density at radius 3 is 2.73 bits per heavy atom. The van der Waals surface area contributed by atoms with Crippen LogP contribution in [0.15, 0.2) is 41.8 Å². The molecule has 1 aromatic carbocycles. The summed E-state index contributed by atoms with van der Waals surface area (Å²) < 4.78 is 10.5. The molecular weight excluding hydrogens is 298 g/mol.